The first-order valence-corrected chi connectivity index (χ1v) is 11.0. The predicted octanol–water partition coefficient (Wildman–Crippen LogP) is 1.65. The summed E-state index contributed by atoms with van der Waals surface area (Å²) in [7, 11) is 1.57. The molecular formula is C24H33N3O4. The third kappa shape index (κ3) is 4.24. The van der Waals surface area contributed by atoms with Crippen molar-refractivity contribution in [3.63, 3.8) is 0 Å². The van der Waals surface area contributed by atoms with Crippen LogP contribution < -0.4 is 10.6 Å². The molecule has 31 heavy (non-hydrogen) atoms. The third-order valence-electron chi connectivity index (χ3n) is 6.46. The highest BCUT2D eigenvalue weighted by molar-refractivity contribution is 5.97. The zero-order chi connectivity index (χ0) is 22.7. The van der Waals surface area contributed by atoms with Crippen molar-refractivity contribution in [3.05, 3.63) is 48.0 Å². The van der Waals surface area contributed by atoms with Gasteiger partial charge in [0.2, 0.25) is 17.7 Å². The number of allylic oxidation sites excluding steroid dienone is 1. The fourth-order valence-electron chi connectivity index (χ4n) is 5.09. The minimum atomic E-state index is -0.793. The van der Waals surface area contributed by atoms with Crippen LogP contribution in [-0.4, -0.2) is 53.5 Å². The van der Waals surface area contributed by atoms with Gasteiger partial charge in [-0.1, -0.05) is 49.4 Å². The van der Waals surface area contributed by atoms with Gasteiger partial charge in [0.25, 0.3) is 0 Å². The fourth-order valence-corrected chi connectivity index (χ4v) is 5.09. The standard InChI is InChI=1S/C24H33N3O4/c1-5-15-11-12-17-20(19(15)22(29)25-4)24(31)27(21(17)23(30)26-14(2)3)18(13-28)16-9-7-6-8-10-16/h6-12,14-15,17-21,28H,5,13H2,1-4H3,(H,25,29)(H,26,30)/t15-,17+,18-,19-,20+,21+/m1/s1. The molecule has 7 heteroatoms. The molecule has 0 unspecified atom stereocenters. The van der Waals surface area contributed by atoms with Crippen LogP contribution in [0.1, 0.15) is 38.8 Å². The van der Waals surface area contributed by atoms with Gasteiger partial charge in [-0.2, -0.15) is 0 Å². The van der Waals surface area contributed by atoms with Gasteiger partial charge < -0.3 is 20.6 Å². The van der Waals surface area contributed by atoms with Gasteiger partial charge in [0, 0.05) is 19.0 Å². The molecule has 1 aromatic rings. The molecule has 1 saturated heterocycles. The molecule has 0 bridgehead atoms. The van der Waals surface area contributed by atoms with Gasteiger partial charge in [-0.3, -0.25) is 14.4 Å². The highest BCUT2D eigenvalue weighted by Gasteiger charge is 2.58. The second kappa shape index (κ2) is 9.64. The number of benzene rings is 1. The van der Waals surface area contributed by atoms with E-state index in [9.17, 15) is 19.5 Å². The zero-order valence-corrected chi connectivity index (χ0v) is 18.6. The molecule has 2 aliphatic rings. The number of hydrogen-bond acceptors (Lipinski definition) is 4. The van der Waals surface area contributed by atoms with Crippen molar-refractivity contribution in [3.8, 4) is 0 Å². The van der Waals surface area contributed by atoms with Crippen LogP contribution in [0.4, 0.5) is 0 Å². The monoisotopic (exact) mass is 427 g/mol. The van der Waals surface area contributed by atoms with Crippen molar-refractivity contribution < 1.29 is 19.5 Å². The second-order valence-electron chi connectivity index (χ2n) is 8.66. The van der Waals surface area contributed by atoms with E-state index in [-0.39, 0.29) is 36.3 Å². The average Bonchev–Trinajstić information content (AvgIpc) is 3.06. The predicted molar refractivity (Wildman–Crippen MR) is 118 cm³/mol. The molecule has 1 aromatic carbocycles. The van der Waals surface area contributed by atoms with Crippen LogP contribution in [0, 0.1) is 23.7 Å². The molecule has 0 radical (unpaired) electrons. The first-order chi connectivity index (χ1) is 14.8. The number of nitrogens with one attached hydrogen (secondary N) is 2. The van der Waals surface area contributed by atoms with Crippen LogP contribution >= 0.6 is 0 Å². The van der Waals surface area contributed by atoms with Crippen LogP contribution in [0.5, 0.6) is 0 Å². The van der Waals surface area contributed by atoms with E-state index in [2.05, 4.69) is 10.6 Å². The Morgan fingerprint density at radius 1 is 1.13 bits per heavy atom. The molecule has 1 fully saturated rings. The normalized spacial score (nSPS) is 28.4. The lowest BCUT2D eigenvalue weighted by atomic mass is 9.69. The Hall–Kier alpha value is -2.67. The SMILES string of the molecule is CC[C@@H]1C=C[C@H]2[C@H](C(=O)N([C@H](CO)c3ccccc3)[C@@H]2C(=O)NC(C)C)[C@@H]1C(=O)NC. The van der Waals surface area contributed by atoms with E-state index in [4.69, 9.17) is 0 Å². The lowest BCUT2D eigenvalue weighted by Crippen LogP contribution is -2.50. The van der Waals surface area contributed by atoms with Crippen molar-refractivity contribution in [2.45, 2.75) is 45.3 Å². The smallest absolute Gasteiger partial charge is 0.243 e. The molecule has 3 rings (SSSR count). The van der Waals surface area contributed by atoms with Crippen LogP contribution in [0.15, 0.2) is 42.5 Å². The van der Waals surface area contributed by atoms with E-state index in [0.29, 0.717) is 0 Å². The maximum absolute atomic E-state index is 13.8. The molecule has 0 spiro atoms. The molecular weight excluding hydrogens is 394 g/mol. The van der Waals surface area contributed by atoms with Crippen molar-refractivity contribution in [1.82, 2.24) is 15.5 Å². The molecule has 168 valence electrons. The lowest BCUT2D eigenvalue weighted by Gasteiger charge is -2.34. The summed E-state index contributed by atoms with van der Waals surface area (Å²) >= 11 is 0. The fraction of sp³-hybridized carbons (Fsp3) is 0.542. The Morgan fingerprint density at radius 2 is 1.81 bits per heavy atom. The van der Waals surface area contributed by atoms with Crippen molar-refractivity contribution in [2.24, 2.45) is 23.7 Å². The Labute approximate surface area is 183 Å². The van der Waals surface area contributed by atoms with Crippen LogP contribution in [0.2, 0.25) is 0 Å². The number of aliphatic hydroxyl groups is 1. The van der Waals surface area contributed by atoms with Gasteiger partial charge in [0.05, 0.1) is 24.5 Å². The molecule has 1 aliphatic heterocycles. The summed E-state index contributed by atoms with van der Waals surface area (Å²) in [6.07, 6.45) is 4.63. The zero-order valence-electron chi connectivity index (χ0n) is 18.6. The Kier molecular flexibility index (Phi) is 7.15. The van der Waals surface area contributed by atoms with Crippen LogP contribution in [-0.2, 0) is 14.4 Å². The average molecular weight is 428 g/mol. The highest BCUT2D eigenvalue weighted by atomic mass is 16.3. The number of carbonyl (C=O) groups excluding carboxylic acids is 3. The third-order valence-corrected chi connectivity index (χ3v) is 6.46. The maximum Gasteiger partial charge on any atom is 0.243 e. The number of fused-ring (bicyclic) bond motifs is 1. The topological polar surface area (TPSA) is 98.7 Å². The maximum atomic E-state index is 13.8. The summed E-state index contributed by atoms with van der Waals surface area (Å²) in [5.74, 6) is -2.42. The molecule has 0 aromatic heterocycles. The summed E-state index contributed by atoms with van der Waals surface area (Å²) in [6.45, 7) is 5.42. The van der Waals surface area contributed by atoms with E-state index in [1.165, 1.54) is 4.90 Å². The molecule has 7 nitrogen and oxygen atoms in total. The van der Waals surface area contributed by atoms with Crippen molar-refractivity contribution in [2.75, 3.05) is 13.7 Å². The van der Waals surface area contributed by atoms with Gasteiger partial charge in [0.1, 0.15) is 6.04 Å². The number of likely N-dealkylation sites (tertiary alicyclic amines) is 1. The largest absolute Gasteiger partial charge is 0.394 e. The van der Waals surface area contributed by atoms with Gasteiger partial charge in [-0.05, 0) is 31.7 Å². The first-order valence-electron chi connectivity index (χ1n) is 11.0. The van der Waals surface area contributed by atoms with E-state index < -0.39 is 29.8 Å². The van der Waals surface area contributed by atoms with E-state index in [1.54, 1.807) is 7.05 Å². The minimum absolute atomic E-state index is 0.0804. The molecule has 3 N–H and O–H groups in total. The highest BCUT2D eigenvalue weighted by Crippen LogP contribution is 2.47. The summed E-state index contributed by atoms with van der Waals surface area (Å²) < 4.78 is 0. The van der Waals surface area contributed by atoms with Crippen molar-refractivity contribution in [1.29, 1.82) is 0 Å². The number of nitrogens with zero attached hydrogens (tertiary/aromatic N) is 1. The molecule has 1 heterocycles. The van der Waals surface area contributed by atoms with Gasteiger partial charge in [-0.25, -0.2) is 0 Å². The lowest BCUT2D eigenvalue weighted by molar-refractivity contribution is -0.143. The summed E-state index contributed by atoms with van der Waals surface area (Å²) in [5, 5.41) is 15.9. The van der Waals surface area contributed by atoms with Crippen molar-refractivity contribution >= 4 is 17.7 Å². The number of hydrogen-bond donors (Lipinski definition) is 3. The number of aliphatic hydroxyl groups excluding tert-OH is 1. The summed E-state index contributed by atoms with van der Waals surface area (Å²) in [4.78, 5) is 41.5. The van der Waals surface area contributed by atoms with Crippen LogP contribution in [0.25, 0.3) is 0 Å². The minimum Gasteiger partial charge on any atom is -0.394 e. The Bertz CT molecular complexity index is 838. The van der Waals surface area contributed by atoms with E-state index in [0.717, 1.165) is 12.0 Å². The Balaban J connectivity index is 2.11. The van der Waals surface area contributed by atoms with E-state index in [1.807, 2.05) is 63.3 Å². The number of carbonyl (C=O) groups is 3. The van der Waals surface area contributed by atoms with Crippen LogP contribution in [0.3, 0.4) is 0 Å². The van der Waals surface area contributed by atoms with Gasteiger partial charge in [-0.15, -0.1) is 0 Å². The quantitative estimate of drug-likeness (QED) is 0.576. The molecule has 1 aliphatic carbocycles. The second-order valence-corrected chi connectivity index (χ2v) is 8.66. The molecule has 6 atom stereocenters. The first kappa shape index (κ1) is 23.0. The number of amides is 3. The summed E-state index contributed by atoms with van der Waals surface area (Å²) in [5.41, 5.74) is 0.756. The van der Waals surface area contributed by atoms with E-state index >= 15 is 0 Å². The molecule has 0 saturated carbocycles. The summed E-state index contributed by atoms with van der Waals surface area (Å²) in [6, 6.07) is 7.67. The van der Waals surface area contributed by atoms with Gasteiger partial charge >= 0.3 is 0 Å². The molecule has 3 amide bonds. The number of rotatable bonds is 7. The Morgan fingerprint density at radius 3 is 2.35 bits per heavy atom. The van der Waals surface area contributed by atoms with Gasteiger partial charge in [0.15, 0.2) is 0 Å².